The molecule has 0 bridgehead atoms. The molecule has 1 amide bonds. The lowest BCUT2D eigenvalue weighted by Gasteiger charge is -2.26. The molecule has 0 saturated carbocycles. The van der Waals surface area contributed by atoms with Crippen LogP contribution in [0.4, 0.5) is 0 Å². The number of hydrogen-bond donors (Lipinski definition) is 1. The van der Waals surface area contributed by atoms with E-state index in [0.29, 0.717) is 13.0 Å². The molecule has 6 nitrogen and oxygen atoms in total. The predicted octanol–water partition coefficient (Wildman–Crippen LogP) is 2.81. The van der Waals surface area contributed by atoms with Crippen LogP contribution in [-0.2, 0) is 23.0 Å². The molecular formula is C22H26N4O2S. The summed E-state index contributed by atoms with van der Waals surface area (Å²) in [5.41, 5.74) is 3.41. The third-order valence-electron chi connectivity index (χ3n) is 5.04. The van der Waals surface area contributed by atoms with Gasteiger partial charge in [-0.1, -0.05) is 18.2 Å². The summed E-state index contributed by atoms with van der Waals surface area (Å²) in [6.45, 7) is 5.03. The van der Waals surface area contributed by atoms with Gasteiger partial charge in [0.2, 0.25) is 5.91 Å². The average molecular weight is 411 g/mol. The quantitative estimate of drug-likeness (QED) is 0.651. The molecule has 1 aliphatic heterocycles. The summed E-state index contributed by atoms with van der Waals surface area (Å²) in [5, 5.41) is 7.29. The molecule has 1 saturated heterocycles. The summed E-state index contributed by atoms with van der Waals surface area (Å²) in [6, 6.07) is 12.6. The maximum atomic E-state index is 12.3. The van der Waals surface area contributed by atoms with Crippen LogP contribution in [-0.4, -0.2) is 60.0 Å². The number of benzene rings is 1. The van der Waals surface area contributed by atoms with E-state index in [4.69, 9.17) is 4.74 Å². The van der Waals surface area contributed by atoms with E-state index in [0.717, 1.165) is 54.4 Å². The second kappa shape index (κ2) is 9.35. The van der Waals surface area contributed by atoms with Crippen molar-refractivity contribution in [1.29, 1.82) is 0 Å². The smallest absolute Gasteiger partial charge is 0.225 e. The largest absolute Gasteiger partial charge is 0.379 e. The monoisotopic (exact) mass is 410 g/mol. The Morgan fingerprint density at radius 3 is 2.79 bits per heavy atom. The minimum Gasteiger partial charge on any atom is -0.379 e. The third kappa shape index (κ3) is 5.32. The maximum Gasteiger partial charge on any atom is 0.225 e. The van der Waals surface area contributed by atoms with Crippen LogP contribution in [0, 0.1) is 0 Å². The van der Waals surface area contributed by atoms with Gasteiger partial charge < -0.3 is 10.1 Å². The normalized spacial score (nSPS) is 14.8. The summed E-state index contributed by atoms with van der Waals surface area (Å²) < 4.78 is 7.16. The molecule has 0 spiro atoms. The summed E-state index contributed by atoms with van der Waals surface area (Å²) in [5.74, 6) is 0.0794. The van der Waals surface area contributed by atoms with Crippen molar-refractivity contribution in [3.05, 3.63) is 53.7 Å². The number of morpholine rings is 1. The minimum absolute atomic E-state index is 0.0794. The maximum absolute atomic E-state index is 12.3. The highest BCUT2D eigenvalue weighted by molar-refractivity contribution is 7.15. The standard InChI is InChI=1S/C22H26N4O2S/c1-25-16-19(15-24-25)17-3-2-4-18(13-17)21-6-5-20(29-21)14-22(27)23-7-8-26-9-11-28-12-10-26/h2-6,13,15-16H,7-12,14H2,1H3,(H,23,27). The Morgan fingerprint density at radius 2 is 2.00 bits per heavy atom. The van der Waals surface area contributed by atoms with Crippen molar-refractivity contribution < 1.29 is 9.53 Å². The zero-order chi connectivity index (χ0) is 20.1. The van der Waals surface area contributed by atoms with Gasteiger partial charge in [0.1, 0.15) is 0 Å². The number of hydrogen-bond acceptors (Lipinski definition) is 5. The molecule has 0 atom stereocenters. The van der Waals surface area contributed by atoms with E-state index in [1.165, 1.54) is 4.88 Å². The molecule has 1 fully saturated rings. The molecule has 0 unspecified atom stereocenters. The van der Waals surface area contributed by atoms with Crippen LogP contribution in [0.3, 0.4) is 0 Å². The van der Waals surface area contributed by atoms with Gasteiger partial charge in [0, 0.05) is 54.7 Å². The van der Waals surface area contributed by atoms with Gasteiger partial charge >= 0.3 is 0 Å². The first kappa shape index (κ1) is 19.8. The van der Waals surface area contributed by atoms with Crippen molar-refractivity contribution in [1.82, 2.24) is 20.0 Å². The van der Waals surface area contributed by atoms with Crippen LogP contribution in [0.25, 0.3) is 21.6 Å². The number of nitrogens with zero attached hydrogens (tertiary/aromatic N) is 3. The summed E-state index contributed by atoms with van der Waals surface area (Å²) >= 11 is 1.68. The molecule has 7 heteroatoms. The molecule has 2 aromatic heterocycles. The van der Waals surface area contributed by atoms with Crippen LogP contribution < -0.4 is 5.32 Å². The Morgan fingerprint density at radius 1 is 1.17 bits per heavy atom. The Balaban J connectivity index is 1.33. The zero-order valence-corrected chi connectivity index (χ0v) is 17.5. The van der Waals surface area contributed by atoms with E-state index in [9.17, 15) is 4.79 Å². The number of carbonyl (C=O) groups is 1. The molecule has 29 heavy (non-hydrogen) atoms. The molecule has 3 aromatic rings. The number of aryl methyl sites for hydroxylation is 1. The highest BCUT2D eigenvalue weighted by atomic mass is 32.1. The van der Waals surface area contributed by atoms with Crippen molar-refractivity contribution in [2.45, 2.75) is 6.42 Å². The lowest BCUT2D eigenvalue weighted by molar-refractivity contribution is -0.120. The molecular weight excluding hydrogens is 384 g/mol. The van der Waals surface area contributed by atoms with Crippen LogP contribution >= 0.6 is 11.3 Å². The van der Waals surface area contributed by atoms with Gasteiger partial charge in [0.25, 0.3) is 0 Å². The number of carbonyl (C=O) groups excluding carboxylic acids is 1. The molecule has 152 valence electrons. The van der Waals surface area contributed by atoms with Crippen LogP contribution in [0.1, 0.15) is 4.88 Å². The topological polar surface area (TPSA) is 59.4 Å². The van der Waals surface area contributed by atoms with Crippen molar-refractivity contribution in [2.24, 2.45) is 7.05 Å². The minimum atomic E-state index is 0.0794. The summed E-state index contributed by atoms with van der Waals surface area (Å²) in [7, 11) is 1.92. The van der Waals surface area contributed by atoms with Gasteiger partial charge in [0.15, 0.2) is 0 Å². The lowest BCUT2D eigenvalue weighted by atomic mass is 10.1. The van der Waals surface area contributed by atoms with Crippen molar-refractivity contribution in [3.8, 4) is 21.6 Å². The number of amides is 1. The van der Waals surface area contributed by atoms with Crippen molar-refractivity contribution in [2.75, 3.05) is 39.4 Å². The first-order chi connectivity index (χ1) is 14.2. The van der Waals surface area contributed by atoms with Gasteiger partial charge in [0.05, 0.1) is 25.8 Å². The number of thiophene rings is 1. The van der Waals surface area contributed by atoms with Gasteiger partial charge in [-0.2, -0.15) is 5.10 Å². The second-order valence-corrected chi connectivity index (χ2v) is 8.40. The van der Waals surface area contributed by atoms with E-state index in [1.54, 1.807) is 11.3 Å². The average Bonchev–Trinajstić information content (AvgIpc) is 3.38. The summed E-state index contributed by atoms with van der Waals surface area (Å²) in [6.07, 6.45) is 4.32. The number of rotatable bonds is 7. The van der Waals surface area contributed by atoms with E-state index < -0.39 is 0 Å². The Hall–Kier alpha value is -2.48. The molecule has 4 rings (SSSR count). The highest BCUT2D eigenvalue weighted by Gasteiger charge is 2.12. The van der Waals surface area contributed by atoms with Gasteiger partial charge in [-0.3, -0.25) is 14.4 Å². The van der Waals surface area contributed by atoms with Crippen molar-refractivity contribution >= 4 is 17.2 Å². The predicted molar refractivity (Wildman–Crippen MR) is 116 cm³/mol. The lowest BCUT2D eigenvalue weighted by Crippen LogP contribution is -2.41. The van der Waals surface area contributed by atoms with Gasteiger partial charge in [-0.25, -0.2) is 0 Å². The van der Waals surface area contributed by atoms with Crippen LogP contribution in [0.5, 0.6) is 0 Å². The number of ether oxygens (including phenoxy) is 1. The van der Waals surface area contributed by atoms with E-state index >= 15 is 0 Å². The first-order valence-electron chi connectivity index (χ1n) is 9.92. The fourth-order valence-electron chi connectivity index (χ4n) is 3.45. The SMILES string of the molecule is Cn1cc(-c2cccc(-c3ccc(CC(=O)NCCN4CCOCC4)s3)c2)cn1. The molecule has 0 radical (unpaired) electrons. The number of aromatic nitrogens is 2. The molecule has 1 N–H and O–H groups in total. The van der Waals surface area contributed by atoms with Gasteiger partial charge in [-0.05, 0) is 29.3 Å². The van der Waals surface area contributed by atoms with Crippen molar-refractivity contribution in [3.63, 3.8) is 0 Å². The zero-order valence-electron chi connectivity index (χ0n) is 16.6. The molecule has 1 aromatic carbocycles. The molecule has 0 aliphatic carbocycles. The van der Waals surface area contributed by atoms with Crippen LogP contribution in [0.15, 0.2) is 48.8 Å². The van der Waals surface area contributed by atoms with E-state index in [1.807, 2.05) is 24.1 Å². The van der Waals surface area contributed by atoms with Crippen LogP contribution in [0.2, 0.25) is 0 Å². The Bertz CT molecular complexity index is 959. The number of nitrogens with one attached hydrogen (secondary N) is 1. The molecule has 1 aliphatic rings. The summed E-state index contributed by atoms with van der Waals surface area (Å²) in [4.78, 5) is 16.9. The fraction of sp³-hybridized carbons (Fsp3) is 0.364. The Kier molecular flexibility index (Phi) is 6.39. The Labute approximate surface area is 175 Å². The highest BCUT2D eigenvalue weighted by Crippen LogP contribution is 2.31. The first-order valence-corrected chi connectivity index (χ1v) is 10.7. The van der Waals surface area contributed by atoms with E-state index in [2.05, 4.69) is 51.7 Å². The molecule has 3 heterocycles. The van der Waals surface area contributed by atoms with E-state index in [-0.39, 0.29) is 5.91 Å². The third-order valence-corrected chi connectivity index (χ3v) is 6.17. The second-order valence-electron chi connectivity index (χ2n) is 7.23. The van der Waals surface area contributed by atoms with Gasteiger partial charge in [-0.15, -0.1) is 11.3 Å². The fourth-order valence-corrected chi connectivity index (χ4v) is 4.45.